The maximum Gasteiger partial charge on any atom is 0.317 e. The first-order valence-electron chi connectivity index (χ1n) is 26.1. The summed E-state index contributed by atoms with van der Waals surface area (Å²) in [6.07, 6.45) is 0.987. The van der Waals surface area contributed by atoms with E-state index in [1.165, 1.54) is 19.2 Å². The third kappa shape index (κ3) is 21.0. The van der Waals surface area contributed by atoms with Crippen LogP contribution in [-0.2, 0) is 56.0 Å². The molecule has 0 radical (unpaired) electrons. The number of nitrogens with one attached hydrogen (secondary N) is 6. The molecule has 12 N–H and O–H groups in total. The van der Waals surface area contributed by atoms with Crippen molar-refractivity contribution in [2.24, 2.45) is 5.73 Å². The van der Waals surface area contributed by atoms with Crippen molar-refractivity contribution < 1.29 is 63.6 Å². The number of nitrogens with two attached hydrogens (primary N) is 1. The lowest BCUT2D eigenvalue weighted by Gasteiger charge is -2.33. The normalized spacial score (nSPS) is 20.6. The fourth-order valence-electron chi connectivity index (χ4n) is 9.35. The van der Waals surface area contributed by atoms with Crippen molar-refractivity contribution in [3.63, 3.8) is 0 Å². The maximum atomic E-state index is 14.7. The minimum absolute atomic E-state index is 0.00103. The Morgan fingerprint density at radius 2 is 1.14 bits per heavy atom. The second-order valence-corrected chi connectivity index (χ2v) is 19.7. The van der Waals surface area contributed by atoms with Crippen molar-refractivity contribution in [3.8, 4) is 5.75 Å². The topological polar surface area (TPSA) is 361 Å². The molecule has 0 bridgehead atoms. The molecule has 3 aromatic rings. The number of rotatable bonds is 21. The van der Waals surface area contributed by atoms with Crippen molar-refractivity contribution in [3.05, 3.63) is 77.9 Å². The molecule has 2 heterocycles. The van der Waals surface area contributed by atoms with Gasteiger partial charge in [-0.1, -0.05) is 61.0 Å². The van der Waals surface area contributed by atoms with Crippen LogP contribution in [0.5, 0.6) is 5.75 Å². The predicted octanol–water partition coefficient (Wildman–Crippen LogP) is -1.39. The first-order chi connectivity index (χ1) is 37.2. The highest BCUT2D eigenvalue weighted by molar-refractivity contribution is 5.97. The van der Waals surface area contributed by atoms with E-state index in [9.17, 15) is 63.6 Å². The van der Waals surface area contributed by atoms with Crippen LogP contribution in [0, 0.1) is 5.41 Å². The number of likely N-dealkylation sites (N-methyl/N-ethyl adjacent to an activating group) is 1. The standard InChI is InChI=1S/C53H74N12O13/c1-61-43(10-6-18-56-46(68)31-62-19-21-63(32-47(69)70)23-25-65(34-49(73)74)26-24-64(22-20-62)33-48(71)72)52(77)59-40(9-4-5-11-44(54)55)51(76)60-41(29-36-12-15-37-7-2-3-8-38(37)27-36)50(75)57-30-45(67)58-42(53(61)78)28-35-13-16-39(66)17-14-35/h2-3,7-8,12-17,27,40-43,66H,4-6,9-11,18-26,28-34H2,1H3,(H3,54,55)(H,56,68)(H,57,75)(H,58,67)(H,59,77)(H,60,76)(H,69,70)(H,71,72)(H,73,74)/t40-,41-,42+,43+/m0/s1. The van der Waals surface area contributed by atoms with E-state index in [1.807, 2.05) is 42.5 Å². The lowest BCUT2D eigenvalue weighted by Crippen LogP contribution is -2.58. The summed E-state index contributed by atoms with van der Waals surface area (Å²) in [7, 11) is 1.38. The van der Waals surface area contributed by atoms with E-state index < -0.39 is 84.1 Å². The molecule has 0 spiro atoms. The molecule has 0 aliphatic carbocycles. The molecule has 0 saturated carbocycles. The lowest BCUT2D eigenvalue weighted by atomic mass is 10.00. The maximum absolute atomic E-state index is 14.7. The highest BCUT2D eigenvalue weighted by Crippen LogP contribution is 2.19. The lowest BCUT2D eigenvalue weighted by molar-refractivity contribution is -0.142. The fraction of sp³-hybridized carbons (Fsp3) is 0.509. The number of aliphatic carboxylic acids is 3. The Morgan fingerprint density at radius 3 is 1.71 bits per heavy atom. The van der Waals surface area contributed by atoms with Gasteiger partial charge in [0, 0.05) is 85.2 Å². The number of hydrogen-bond acceptors (Lipinski definition) is 15. The van der Waals surface area contributed by atoms with Crippen LogP contribution in [0.25, 0.3) is 10.8 Å². The van der Waals surface area contributed by atoms with Crippen LogP contribution in [0.2, 0.25) is 0 Å². The summed E-state index contributed by atoms with van der Waals surface area (Å²) in [6, 6.07) is 14.1. The van der Waals surface area contributed by atoms with Crippen LogP contribution in [0.1, 0.15) is 49.7 Å². The van der Waals surface area contributed by atoms with Crippen molar-refractivity contribution in [1.29, 1.82) is 5.41 Å². The number of carbonyl (C=O) groups excluding carboxylic acids is 6. The number of benzene rings is 3. The zero-order chi connectivity index (χ0) is 56.7. The number of amidine groups is 1. The van der Waals surface area contributed by atoms with Crippen LogP contribution in [0.3, 0.4) is 0 Å². The largest absolute Gasteiger partial charge is 0.508 e. The number of phenolic OH excluding ortho intramolecular Hbond substituents is 1. The van der Waals surface area contributed by atoms with Gasteiger partial charge in [-0.3, -0.25) is 68.2 Å². The number of carboxylic acid groups (broad SMARTS) is 3. The summed E-state index contributed by atoms with van der Waals surface area (Å²) >= 11 is 0. The molecule has 78 heavy (non-hydrogen) atoms. The summed E-state index contributed by atoms with van der Waals surface area (Å²) in [6.45, 7) is -0.145. The number of hydrogen-bond donors (Lipinski definition) is 11. The van der Waals surface area contributed by atoms with E-state index in [-0.39, 0.29) is 135 Å². The zero-order valence-corrected chi connectivity index (χ0v) is 44.0. The fourth-order valence-corrected chi connectivity index (χ4v) is 9.35. The Kier molecular flexibility index (Phi) is 24.2. The van der Waals surface area contributed by atoms with Crippen LogP contribution in [0.15, 0.2) is 66.7 Å². The van der Waals surface area contributed by atoms with Gasteiger partial charge in [-0.25, -0.2) is 0 Å². The van der Waals surface area contributed by atoms with Gasteiger partial charge in [-0.15, -0.1) is 0 Å². The van der Waals surface area contributed by atoms with E-state index in [0.717, 1.165) is 15.7 Å². The minimum atomic E-state index is -1.29. The van der Waals surface area contributed by atoms with Crippen molar-refractivity contribution in [1.82, 2.24) is 51.1 Å². The Labute approximate surface area is 452 Å². The van der Waals surface area contributed by atoms with Gasteiger partial charge < -0.3 is 57.6 Å². The number of phenols is 1. The van der Waals surface area contributed by atoms with Gasteiger partial charge in [0.15, 0.2) is 0 Å². The van der Waals surface area contributed by atoms with Crippen LogP contribution in [-0.4, -0.2) is 227 Å². The number of fused-ring (bicyclic) bond motifs is 1. The van der Waals surface area contributed by atoms with E-state index in [1.54, 1.807) is 31.7 Å². The minimum Gasteiger partial charge on any atom is -0.508 e. The molecular formula is C53H74N12O13. The Hall–Kier alpha value is -7.74. The molecule has 0 aromatic heterocycles. The van der Waals surface area contributed by atoms with Crippen LogP contribution >= 0.6 is 0 Å². The smallest absolute Gasteiger partial charge is 0.317 e. The van der Waals surface area contributed by atoms with Gasteiger partial charge in [-0.2, -0.15) is 0 Å². The molecule has 25 heteroatoms. The highest BCUT2D eigenvalue weighted by Gasteiger charge is 2.36. The van der Waals surface area contributed by atoms with Gasteiger partial charge >= 0.3 is 17.9 Å². The molecule has 3 aromatic carbocycles. The van der Waals surface area contributed by atoms with Gasteiger partial charge in [0.2, 0.25) is 35.4 Å². The summed E-state index contributed by atoms with van der Waals surface area (Å²) in [5, 5.41) is 62.1. The second-order valence-electron chi connectivity index (χ2n) is 19.7. The van der Waals surface area contributed by atoms with E-state index in [4.69, 9.17) is 11.1 Å². The molecule has 0 unspecified atom stereocenters. The predicted molar refractivity (Wildman–Crippen MR) is 286 cm³/mol. The van der Waals surface area contributed by atoms with E-state index in [0.29, 0.717) is 24.0 Å². The molecule has 424 valence electrons. The van der Waals surface area contributed by atoms with Gasteiger partial charge in [-0.05, 0) is 59.7 Å². The summed E-state index contributed by atoms with van der Waals surface area (Å²) in [5.41, 5.74) is 6.86. The van der Waals surface area contributed by atoms with Gasteiger partial charge in [0.1, 0.15) is 29.9 Å². The van der Waals surface area contributed by atoms with Crippen molar-refractivity contribution in [2.75, 3.05) is 98.7 Å². The molecule has 2 aliphatic heterocycles. The van der Waals surface area contributed by atoms with Crippen molar-refractivity contribution >= 4 is 70.0 Å². The Morgan fingerprint density at radius 1 is 0.615 bits per heavy atom. The third-order valence-corrected chi connectivity index (χ3v) is 13.6. The first kappa shape index (κ1) is 61.1. The second kappa shape index (κ2) is 30.9. The van der Waals surface area contributed by atoms with Crippen molar-refractivity contribution in [2.45, 2.75) is 75.5 Å². The van der Waals surface area contributed by atoms with E-state index >= 15 is 0 Å². The molecule has 5 rings (SSSR count). The molecule has 2 fully saturated rings. The molecule has 2 saturated heterocycles. The van der Waals surface area contributed by atoms with Gasteiger partial charge in [0.05, 0.1) is 38.6 Å². The summed E-state index contributed by atoms with van der Waals surface area (Å²) in [4.78, 5) is 128. The number of carboxylic acids is 3. The first-order valence-corrected chi connectivity index (χ1v) is 26.1. The zero-order valence-electron chi connectivity index (χ0n) is 44.0. The molecule has 6 amide bonds. The number of unbranched alkanes of at least 4 members (excludes halogenated alkanes) is 1. The Balaban J connectivity index is 1.38. The molecule has 25 nitrogen and oxygen atoms in total. The quantitative estimate of drug-likeness (QED) is 0.0332. The SMILES string of the molecule is CN1C(=O)[C@@H](Cc2ccc(O)cc2)NC(=O)CNC(=O)[C@H](Cc2ccc3ccccc3c2)NC(=O)[C@H](CCCCC(=N)N)NC(=O)[C@H]1CCCNC(=O)CN1CCN(CC(=O)O)CCN(CC(=O)O)CCN(CC(=O)O)CC1. The number of carbonyl (C=O) groups is 9. The molecular weight excluding hydrogens is 1010 g/mol. The summed E-state index contributed by atoms with van der Waals surface area (Å²) in [5.74, 6) is -7.40. The summed E-state index contributed by atoms with van der Waals surface area (Å²) < 4.78 is 0. The monoisotopic (exact) mass is 1090 g/mol. The molecule has 4 atom stereocenters. The van der Waals surface area contributed by atoms with E-state index in [2.05, 4.69) is 26.6 Å². The number of nitrogens with zero attached hydrogens (tertiary/aromatic N) is 5. The highest BCUT2D eigenvalue weighted by atomic mass is 16.4. The number of amides is 6. The average Bonchev–Trinajstić information content (AvgIpc) is 3.38. The van der Waals surface area contributed by atoms with Gasteiger partial charge in [0.25, 0.3) is 0 Å². The number of aromatic hydroxyl groups is 1. The average molecular weight is 1090 g/mol. The third-order valence-electron chi connectivity index (χ3n) is 13.6. The molecule has 2 aliphatic rings. The Bertz CT molecular complexity index is 2550. The van der Waals surface area contributed by atoms with Crippen LogP contribution in [0.4, 0.5) is 0 Å². The van der Waals surface area contributed by atoms with Crippen LogP contribution < -0.4 is 32.3 Å².